The summed E-state index contributed by atoms with van der Waals surface area (Å²) in [7, 11) is -4.30. The summed E-state index contributed by atoms with van der Waals surface area (Å²) in [6.07, 6.45) is -4.76. The van der Waals surface area contributed by atoms with Crippen LogP contribution in [0.4, 0.5) is 24.8 Å². The van der Waals surface area contributed by atoms with E-state index in [1.165, 1.54) is 37.3 Å². The van der Waals surface area contributed by atoms with E-state index in [2.05, 4.69) is 14.7 Å². The monoisotopic (exact) mass is 503 g/mol. The van der Waals surface area contributed by atoms with Crippen LogP contribution in [0.15, 0.2) is 53.6 Å². The first-order chi connectivity index (χ1) is 16.3. The van der Waals surface area contributed by atoms with Crippen molar-refractivity contribution in [1.29, 1.82) is 5.26 Å². The number of benzene rings is 1. The summed E-state index contributed by atoms with van der Waals surface area (Å²) < 4.78 is 69.3. The highest BCUT2D eigenvalue weighted by Crippen LogP contribution is 2.38. The van der Waals surface area contributed by atoms with Gasteiger partial charge in [-0.05, 0) is 49.7 Å². The number of nitrogens with one attached hydrogen (secondary N) is 1. The zero-order valence-corrected chi connectivity index (χ0v) is 19.4. The van der Waals surface area contributed by atoms with Crippen LogP contribution in [0, 0.1) is 18.3 Å². The van der Waals surface area contributed by atoms with Crippen molar-refractivity contribution in [1.82, 2.24) is 9.97 Å². The van der Waals surface area contributed by atoms with Crippen molar-refractivity contribution in [2.45, 2.75) is 30.7 Å². The number of nitrogens with zero attached hydrogens (tertiary/aromatic N) is 4. The molecule has 0 amide bonds. The van der Waals surface area contributed by atoms with Crippen LogP contribution in [0.2, 0.25) is 0 Å². The minimum atomic E-state index is -4.76. The molecule has 0 saturated carbocycles. The summed E-state index contributed by atoms with van der Waals surface area (Å²) in [4.78, 5) is 9.79. The Labute approximate surface area is 199 Å². The van der Waals surface area contributed by atoms with Crippen molar-refractivity contribution in [2.24, 2.45) is 0 Å². The fourth-order valence-corrected chi connectivity index (χ4v) is 4.79. The van der Waals surface area contributed by atoms with E-state index < -0.39 is 33.1 Å². The minimum absolute atomic E-state index is 0.0578. The number of pyridine rings is 2. The Morgan fingerprint density at radius 2 is 1.80 bits per heavy atom. The summed E-state index contributed by atoms with van der Waals surface area (Å²) in [6.45, 7) is 3.70. The van der Waals surface area contributed by atoms with Gasteiger partial charge in [-0.15, -0.1) is 0 Å². The van der Waals surface area contributed by atoms with Gasteiger partial charge in [0.1, 0.15) is 11.6 Å². The number of sulfonamides is 1. The topological polar surface area (TPSA) is 119 Å². The average Bonchev–Trinajstić information content (AvgIpc) is 2.76. The SMILES string of the molecule is Cc1c(C#N)cccc1-c1nc(NS(=O)(=O)c2cccc(N3CC(C)(O)C3)n2)ccc1C(F)(F)F. The molecule has 0 radical (unpaired) electrons. The molecule has 0 spiro atoms. The highest BCUT2D eigenvalue weighted by atomic mass is 32.2. The molecular formula is C23H20F3N5O3S. The number of aromatic nitrogens is 2. The largest absolute Gasteiger partial charge is 0.418 e. The molecule has 4 rings (SSSR count). The Bertz CT molecular complexity index is 1440. The molecule has 1 fully saturated rings. The van der Waals surface area contributed by atoms with Gasteiger partial charge in [-0.25, -0.2) is 9.97 Å². The molecule has 3 heterocycles. The third kappa shape index (κ3) is 4.91. The highest BCUT2D eigenvalue weighted by Gasteiger charge is 2.38. The van der Waals surface area contributed by atoms with Crippen molar-refractivity contribution in [3.8, 4) is 17.3 Å². The van der Waals surface area contributed by atoms with E-state index in [-0.39, 0.29) is 40.6 Å². The van der Waals surface area contributed by atoms with Gasteiger partial charge in [-0.3, -0.25) is 4.72 Å². The minimum Gasteiger partial charge on any atom is -0.386 e. The molecule has 1 aliphatic heterocycles. The van der Waals surface area contributed by atoms with E-state index in [0.29, 0.717) is 5.82 Å². The van der Waals surface area contributed by atoms with E-state index in [1.807, 2.05) is 6.07 Å². The van der Waals surface area contributed by atoms with Crippen LogP contribution in [0.5, 0.6) is 0 Å². The normalized spacial score (nSPS) is 15.3. The molecule has 35 heavy (non-hydrogen) atoms. The number of anilines is 2. The molecule has 0 aliphatic carbocycles. The summed E-state index contributed by atoms with van der Waals surface area (Å²) in [5.74, 6) is -0.00161. The molecule has 0 atom stereocenters. The zero-order chi connectivity index (χ0) is 25.6. The Hall–Kier alpha value is -3.69. The quantitative estimate of drug-likeness (QED) is 0.545. The first kappa shape index (κ1) is 24.4. The molecule has 2 N–H and O–H groups in total. The van der Waals surface area contributed by atoms with Gasteiger partial charge in [-0.2, -0.15) is 26.9 Å². The van der Waals surface area contributed by atoms with Crippen LogP contribution < -0.4 is 9.62 Å². The number of aliphatic hydroxyl groups is 1. The summed E-state index contributed by atoms with van der Waals surface area (Å²) >= 11 is 0. The number of hydrogen-bond acceptors (Lipinski definition) is 7. The maximum Gasteiger partial charge on any atom is 0.418 e. The second kappa shape index (κ2) is 8.51. The Morgan fingerprint density at radius 1 is 1.11 bits per heavy atom. The van der Waals surface area contributed by atoms with Crippen LogP contribution in [0.1, 0.15) is 23.6 Å². The smallest absolute Gasteiger partial charge is 0.386 e. The number of rotatable bonds is 5. The third-order valence-electron chi connectivity index (χ3n) is 5.52. The predicted octanol–water partition coefficient (Wildman–Crippen LogP) is 3.71. The fourth-order valence-electron chi connectivity index (χ4n) is 3.82. The lowest BCUT2D eigenvalue weighted by molar-refractivity contribution is -0.137. The van der Waals surface area contributed by atoms with Gasteiger partial charge >= 0.3 is 6.18 Å². The van der Waals surface area contributed by atoms with Crippen molar-refractivity contribution in [2.75, 3.05) is 22.7 Å². The lowest BCUT2D eigenvalue weighted by Gasteiger charge is -2.44. The number of nitriles is 1. The number of halogens is 3. The van der Waals surface area contributed by atoms with Crippen LogP contribution in [0.25, 0.3) is 11.3 Å². The van der Waals surface area contributed by atoms with E-state index in [0.717, 1.165) is 12.1 Å². The molecule has 3 aromatic rings. The summed E-state index contributed by atoms with van der Waals surface area (Å²) in [6, 6.07) is 12.2. The van der Waals surface area contributed by atoms with Crippen molar-refractivity contribution in [3.05, 3.63) is 65.2 Å². The van der Waals surface area contributed by atoms with Gasteiger partial charge in [0.15, 0.2) is 5.03 Å². The molecule has 0 unspecified atom stereocenters. The molecule has 8 nitrogen and oxygen atoms in total. The predicted molar refractivity (Wildman–Crippen MR) is 122 cm³/mol. The Balaban J connectivity index is 1.72. The first-order valence-corrected chi connectivity index (χ1v) is 11.8. The van der Waals surface area contributed by atoms with Crippen LogP contribution in [-0.2, 0) is 16.2 Å². The van der Waals surface area contributed by atoms with Crippen molar-refractivity contribution in [3.63, 3.8) is 0 Å². The summed E-state index contributed by atoms with van der Waals surface area (Å²) in [5.41, 5.74) is -1.94. The Kier molecular flexibility index (Phi) is 5.94. The van der Waals surface area contributed by atoms with Gasteiger partial charge in [0.25, 0.3) is 10.0 Å². The standard InChI is InChI=1S/C23H20F3N5O3S/c1-14-15(11-27)5-3-6-16(14)21-17(23(24,25)26)9-10-18(28-21)30-35(33,34)20-8-4-7-19(29-20)31-12-22(2,32)13-31/h3-10,32H,12-13H2,1-2H3,(H,28,30). The fraction of sp³-hybridized carbons (Fsp3) is 0.261. The van der Waals surface area contributed by atoms with E-state index >= 15 is 0 Å². The molecule has 1 aromatic carbocycles. The van der Waals surface area contributed by atoms with E-state index in [9.17, 15) is 32.0 Å². The first-order valence-electron chi connectivity index (χ1n) is 10.4. The molecule has 1 saturated heterocycles. The lowest BCUT2D eigenvalue weighted by atomic mass is 9.97. The third-order valence-corrected chi connectivity index (χ3v) is 6.78. The average molecular weight is 504 g/mol. The van der Waals surface area contributed by atoms with Gasteiger partial charge in [0, 0.05) is 18.7 Å². The molecule has 0 bridgehead atoms. The number of β-amino-alcohol motifs (C(OH)–C–C–N with tert-alkyl or cyclic N) is 1. The van der Waals surface area contributed by atoms with E-state index in [4.69, 9.17) is 0 Å². The molecular weight excluding hydrogens is 483 g/mol. The van der Waals surface area contributed by atoms with Gasteiger partial charge in [0.05, 0.1) is 28.5 Å². The van der Waals surface area contributed by atoms with Crippen LogP contribution >= 0.6 is 0 Å². The molecule has 182 valence electrons. The van der Waals surface area contributed by atoms with Gasteiger partial charge in [0.2, 0.25) is 0 Å². The van der Waals surface area contributed by atoms with E-state index in [1.54, 1.807) is 17.9 Å². The number of hydrogen-bond donors (Lipinski definition) is 2. The maximum atomic E-state index is 13.7. The van der Waals surface area contributed by atoms with Crippen LogP contribution in [0.3, 0.4) is 0 Å². The second-order valence-corrected chi connectivity index (χ2v) is 10.1. The highest BCUT2D eigenvalue weighted by molar-refractivity contribution is 7.92. The second-order valence-electron chi connectivity index (χ2n) is 8.47. The van der Waals surface area contributed by atoms with Crippen molar-refractivity contribution >= 4 is 21.7 Å². The molecule has 2 aromatic heterocycles. The molecule has 12 heteroatoms. The Morgan fingerprint density at radius 3 is 2.43 bits per heavy atom. The molecule has 1 aliphatic rings. The lowest BCUT2D eigenvalue weighted by Crippen LogP contribution is -2.60. The van der Waals surface area contributed by atoms with Gasteiger partial charge < -0.3 is 10.0 Å². The zero-order valence-electron chi connectivity index (χ0n) is 18.6. The van der Waals surface area contributed by atoms with Gasteiger partial charge in [-0.1, -0.05) is 18.2 Å². The number of alkyl halides is 3. The maximum absolute atomic E-state index is 13.7. The van der Waals surface area contributed by atoms with Crippen molar-refractivity contribution < 1.29 is 26.7 Å². The van der Waals surface area contributed by atoms with Crippen LogP contribution in [-0.4, -0.2) is 42.2 Å². The summed E-state index contributed by atoms with van der Waals surface area (Å²) in [5, 5.41) is 18.8.